The van der Waals surface area contributed by atoms with Crippen LogP contribution in [0.1, 0.15) is 15.9 Å². The van der Waals surface area contributed by atoms with E-state index >= 15 is 0 Å². The van der Waals surface area contributed by atoms with Gasteiger partial charge in [-0.15, -0.1) is 0 Å². The van der Waals surface area contributed by atoms with Crippen molar-refractivity contribution in [2.24, 2.45) is 0 Å². The number of hydrogen-bond donors (Lipinski definition) is 0. The number of nitrogens with zero attached hydrogens (tertiary/aromatic N) is 3. The SMILES string of the molecule is O=C(C1=CN(Cc2ccccc2)CN(c2ccccc2)C1)c1ccc([N+](=O)[O-])cc1. The van der Waals surface area contributed by atoms with Crippen molar-refractivity contribution >= 4 is 17.2 Å². The van der Waals surface area contributed by atoms with Gasteiger partial charge in [-0.2, -0.15) is 0 Å². The van der Waals surface area contributed by atoms with E-state index in [1.807, 2.05) is 54.7 Å². The van der Waals surface area contributed by atoms with Crippen LogP contribution in [0.5, 0.6) is 0 Å². The predicted octanol–water partition coefficient (Wildman–Crippen LogP) is 4.64. The number of para-hydroxylation sites is 1. The lowest BCUT2D eigenvalue weighted by Crippen LogP contribution is -2.42. The van der Waals surface area contributed by atoms with Crippen LogP contribution in [-0.4, -0.2) is 28.8 Å². The molecule has 0 aliphatic carbocycles. The Morgan fingerprint density at radius 3 is 2.17 bits per heavy atom. The number of Topliss-reactive ketones (excluding diaryl/α,β-unsaturated/α-hetero) is 1. The van der Waals surface area contributed by atoms with Gasteiger partial charge in [0, 0.05) is 41.7 Å². The van der Waals surface area contributed by atoms with Crippen molar-refractivity contribution in [3.05, 3.63) is 118 Å². The fourth-order valence-corrected chi connectivity index (χ4v) is 3.55. The Labute approximate surface area is 174 Å². The van der Waals surface area contributed by atoms with Gasteiger partial charge in [0.1, 0.15) is 0 Å². The molecule has 6 heteroatoms. The van der Waals surface area contributed by atoms with Crippen LogP contribution in [0, 0.1) is 10.1 Å². The van der Waals surface area contributed by atoms with Crippen LogP contribution in [0.25, 0.3) is 0 Å². The Kier molecular flexibility index (Phi) is 5.57. The molecule has 0 saturated carbocycles. The smallest absolute Gasteiger partial charge is 0.269 e. The first-order valence-electron chi connectivity index (χ1n) is 9.68. The topological polar surface area (TPSA) is 66.7 Å². The quantitative estimate of drug-likeness (QED) is 0.343. The average Bonchev–Trinajstić information content (AvgIpc) is 2.79. The Balaban J connectivity index is 1.62. The van der Waals surface area contributed by atoms with Crippen LogP contribution in [0.15, 0.2) is 96.7 Å². The number of rotatable bonds is 6. The molecule has 3 aromatic rings. The van der Waals surface area contributed by atoms with Gasteiger partial charge in [-0.1, -0.05) is 48.5 Å². The minimum atomic E-state index is -0.465. The number of ketones is 1. The van der Waals surface area contributed by atoms with Crippen molar-refractivity contribution in [1.82, 2.24) is 4.90 Å². The highest BCUT2D eigenvalue weighted by molar-refractivity contribution is 6.09. The molecule has 30 heavy (non-hydrogen) atoms. The van der Waals surface area contributed by atoms with Crippen molar-refractivity contribution in [3.8, 4) is 0 Å². The zero-order valence-electron chi connectivity index (χ0n) is 16.3. The Bertz CT molecular complexity index is 1060. The molecule has 1 heterocycles. The first kappa shape index (κ1) is 19.4. The molecular formula is C24H21N3O3. The van der Waals surface area contributed by atoms with Gasteiger partial charge in [0.15, 0.2) is 5.78 Å². The van der Waals surface area contributed by atoms with Crippen LogP contribution in [0.3, 0.4) is 0 Å². The van der Waals surface area contributed by atoms with Gasteiger partial charge >= 0.3 is 0 Å². The average molecular weight is 399 g/mol. The van der Waals surface area contributed by atoms with E-state index in [0.717, 1.165) is 11.3 Å². The number of nitro groups is 1. The van der Waals surface area contributed by atoms with Crippen molar-refractivity contribution in [2.45, 2.75) is 6.54 Å². The van der Waals surface area contributed by atoms with Gasteiger partial charge in [0.05, 0.1) is 18.1 Å². The van der Waals surface area contributed by atoms with E-state index in [9.17, 15) is 14.9 Å². The molecule has 0 atom stereocenters. The van der Waals surface area contributed by atoms with E-state index in [1.54, 1.807) is 0 Å². The number of nitro benzene ring substituents is 1. The monoisotopic (exact) mass is 399 g/mol. The maximum atomic E-state index is 13.2. The van der Waals surface area contributed by atoms with Crippen molar-refractivity contribution in [1.29, 1.82) is 0 Å². The van der Waals surface area contributed by atoms with E-state index in [-0.39, 0.29) is 11.5 Å². The highest BCUT2D eigenvalue weighted by Crippen LogP contribution is 2.24. The van der Waals surface area contributed by atoms with Gasteiger partial charge in [0.2, 0.25) is 0 Å². The second-order valence-corrected chi connectivity index (χ2v) is 7.19. The van der Waals surface area contributed by atoms with Crippen LogP contribution in [0.2, 0.25) is 0 Å². The van der Waals surface area contributed by atoms with Crippen molar-refractivity contribution in [3.63, 3.8) is 0 Å². The first-order valence-corrected chi connectivity index (χ1v) is 9.68. The lowest BCUT2D eigenvalue weighted by molar-refractivity contribution is -0.384. The molecule has 0 spiro atoms. The van der Waals surface area contributed by atoms with Crippen LogP contribution >= 0.6 is 0 Å². The standard InChI is InChI=1S/C24H21N3O3/c28-24(20-11-13-23(14-12-20)27(29)30)21-16-25(15-19-7-3-1-4-8-19)18-26(17-21)22-9-5-2-6-10-22/h1-14,16H,15,17-18H2. The minimum Gasteiger partial charge on any atom is -0.355 e. The molecule has 4 rings (SSSR count). The first-order chi connectivity index (χ1) is 14.6. The van der Waals surface area contributed by atoms with Crippen molar-refractivity contribution in [2.75, 3.05) is 18.1 Å². The molecule has 0 N–H and O–H groups in total. The maximum absolute atomic E-state index is 13.2. The number of carbonyl (C=O) groups is 1. The number of benzene rings is 3. The third kappa shape index (κ3) is 4.38. The van der Waals surface area contributed by atoms with Gasteiger partial charge in [0.25, 0.3) is 5.69 Å². The van der Waals surface area contributed by atoms with Gasteiger partial charge in [-0.3, -0.25) is 14.9 Å². The van der Waals surface area contributed by atoms with Gasteiger partial charge in [-0.25, -0.2) is 0 Å². The summed E-state index contributed by atoms with van der Waals surface area (Å²) in [4.78, 5) is 27.9. The molecule has 0 amide bonds. The molecule has 1 aliphatic heterocycles. The summed E-state index contributed by atoms with van der Waals surface area (Å²) >= 11 is 0. The van der Waals surface area contributed by atoms with Crippen molar-refractivity contribution < 1.29 is 9.72 Å². The number of non-ortho nitro benzene ring substituents is 1. The highest BCUT2D eigenvalue weighted by Gasteiger charge is 2.24. The summed E-state index contributed by atoms with van der Waals surface area (Å²) in [6.45, 7) is 1.82. The summed E-state index contributed by atoms with van der Waals surface area (Å²) in [6, 6.07) is 25.9. The summed E-state index contributed by atoms with van der Waals surface area (Å²) in [5.74, 6) is -0.122. The summed E-state index contributed by atoms with van der Waals surface area (Å²) in [7, 11) is 0. The number of anilines is 1. The highest BCUT2D eigenvalue weighted by atomic mass is 16.6. The van der Waals surface area contributed by atoms with Crippen LogP contribution in [0.4, 0.5) is 11.4 Å². The van der Waals surface area contributed by atoms with E-state index in [2.05, 4.69) is 21.9 Å². The van der Waals surface area contributed by atoms with Crippen LogP contribution < -0.4 is 4.90 Å². The summed E-state index contributed by atoms with van der Waals surface area (Å²) in [5.41, 5.74) is 3.26. The predicted molar refractivity (Wildman–Crippen MR) is 116 cm³/mol. The van der Waals surface area contributed by atoms with E-state index in [0.29, 0.717) is 30.9 Å². The molecule has 150 valence electrons. The zero-order chi connectivity index (χ0) is 20.9. The van der Waals surface area contributed by atoms with Crippen LogP contribution in [-0.2, 0) is 6.54 Å². The normalized spacial score (nSPS) is 13.7. The Morgan fingerprint density at radius 2 is 1.53 bits per heavy atom. The fraction of sp³-hybridized carbons (Fsp3) is 0.125. The van der Waals surface area contributed by atoms with Gasteiger partial charge < -0.3 is 9.80 Å². The molecule has 0 saturated heterocycles. The summed E-state index contributed by atoms with van der Waals surface area (Å²) in [5, 5.41) is 10.9. The molecule has 0 aromatic heterocycles. The Hall–Kier alpha value is -3.93. The lowest BCUT2D eigenvalue weighted by Gasteiger charge is -2.36. The molecule has 1 aliphatic rings. The third-order valence-electron chi connectivity index (χ3n) is 5.03. The summed E-state index contributed by atoms with van der Waals surface area (Å²) in [6.07, 6.45) is 1.91. The number of carbonyl (C=O) groups excluding carboxylic acids is 1. The van der Waals surface area contributed by atoms with Gasteiger partial charge in [-0.05, 0) is 29.8 Å². The second kappa shape index (κ2) is 8.61. The molecule has 6 nitrogen and oxygen atoms in total. The second-order valence-electron chi connectivity index (χ2n) is 7.19. The van der Waals surface area contributed by atoms with E-state index in [4.69, 9.17) is 0 Å². The molecule has 0 bridgehead atoms. The van der Waals surface area contributed by atoms with E-state index < -0.39 is 4.92 Å². The zero-order valence-corrected chi connectivity index (χ0v) is 16.3. The fourth-order valence-electron chi connectivity index (χ4n) is 3.55. The maximum Gasteiger partial charge on any atom is 0.269 e. The molecule has 0 unspecified atom stereocenters. The van der Waals surface area contributed by atoms with E-state index in [1.165, 1.54) is 24.3 Å². The summed E-state index contributed by atoms with van der Waals surface area (Å²) < 4.78 is 0. The minimum absolute atomic E-state index is 0.0270. The molecule has 3 aromatic carbocycles. The largest absolute Gasteiger partial charge is 0.355 e. The lowest BCUT2D eigenvalue weighted by atomic mass is 10.0. The Morgan fingerprint density at radius 1 is 0.900 bits per heavy atom. The number of hydrogen-bond acceptors (Lipinski definition) is 5. The molecular weight excluding hydrogens is 378 g/mol. The molecule has 0 fully saturated rings. The third-order valence-corrected chi connectivity index (χ3v) is 5.03. The molecule has 0 radical (unpaired) electrons.